The Labute approximate surface area is 183 Å². The van der Waals surface area contributed by atoms with Crippen molar-refractivity contribution in [2.24, 2.45) is 5.10 Å². The first-order chi connectivity index (χ1) is 15.6. The average molecular weight is 426 g/mol. The van der Waals surface area contributed by atoms with E-state index in [9.17, 15) is 14.9 Å². The van der Waals surface area contributed by atoms with Crippen LogP contribution in [0.3, 0.4) is 0 Å². The largest absolute Gasteiger partial charge is 0.487 e. The summed E-state index contributed by atoms with van der Waals surface area (Å²) in [5, 5.41) is 15.8. The molecule has 0 saturated heterocycles. The maximum absolute atomic E-state index is 12.3. The first kappa shape index (κ1) is 20.7. The van der Waals surface area contributed by atoms with E-state index in [-0.39, 0.29) is 5.69 Å². The van der Waals surface area contributed by atoms with Gasteiger partial charge in [0.15, 0.2) is 0 Å². The molecule has 0 aliphatic rings. The van der Waals surface area contributed by atoms with Crippen molar-refractivity contribution in [1.82, 2.24) is 10.4 Å². The third-order valence-electron chi connectivity index (χ3n) is 4.71. The summed E-state index contributed by atoms with van der Waals surface area (Å²) in [6, 6.07) is 22.7. The van der Waals surface area contributed by atoms with E-state index in [0.717, 1.165) is 16.5 Å². The molecule has 0 aliphatic heterocycles. The van der Waals surface area contributed by atoms with E-state index in [0.29, 0.717) is 23.5 Å². The van der Waals surface area contributed by atoms with Crippen molar-refractivity contribution in [3.63, 3.8) is 0 Å². The highest BCUT2D eigenvalue weighted by molar-refractivity contribution is 5.95. The second-order valence-corrected chi connectivity index (χ2v) is 6.83. The molecule has 158 valence electrons. The number of rotatable bonds is 7. The summed E-state index contributed by atoms with van der Waals surface area (Å²) in [7, 11) is 0. The summed E-state index contributed by atoms with van der Waals surface area (Å²) >= 11 is 0. The van der Waals surface area contributed by atoms with Crippen LogP contribution in [0, 0.1) is 10.1 Å². The number of aromatic nitrogens is 1. The molecule has 0 aliphatic carbocycles. The lowest BCUT2D eigenvalue weighted by Crippen LogP contribution is -2.17. The van der Waals surface area contributed by atoms with Crippen molar-refractivity contribution in [3.8, 4) is 5.75 Å². The van der Waals surface area contributed by atoms with Gasteiger partial charge >= 0.3 is 0 Å². The van der Waals surface area contributed by atoms with Crippen LogP contribution in [0.4, 0.5) is 5.69 Å². The maximum atomic E-state index is 12.3. The van der Waals surface area contributed by atoms with Gasteiger partial charge in [-0.3, -0.25) is 19.9 Å². The Morgan fingerprint density at radius 3 is 2.62 bits per heavy atom. The van der Waals surface area contributed by atoms with E-state index in [1.165, 1.54) is 12.3 Å². The van der Waals surface area contributed by atoms with E-state index in [1.807, 2.05) is 30.3 Å². The SMILES string of the molecule is O=C(N/N=C/c1ccccc1[N+](=O)[O-])c1ccc(COc2cccc3cccnc23)cc1. The first-order valence-electron chi connectivity index (χ1n) is 9.74. The van der Waals surface area contributed by atoms with Crippen LogP contribution in [0.25, 0.3) is 10.9 Å². The number of benzene rings is 3. The fourth-order valence-electron chi connectivity index (χ4n) is 3.09. The Bertz CT molecular complexity index is 1300. The minimum atomic E-state index is -0.502. The number of hydrazone groups is 1. The van der Waals surface area contributed by atoms with Gasteiger partial charge in [-0.25, -0.2) is 5.43 Å². The second kappa shape index (κ2) is 9.48. The molecule has 32 heavy (non-hydrogen) atoms. The van der Waals surface area contributed by atoms with Crippen molar-refractivity contribution in [3.05, 3.63) is 112 Å². The maximum Gasteiger partial charge on any atom is 0.278 e. The molecular weight excluding hydrogens is 408 g/mol. The lowest BCUT2D eigenvalue weighted by atomic mass is 10.1. The van der Waals surface area contributed by atoms with Crippen LogP contribution in [-0.4, -0.2) is 22.0 Å². The molecule has 0 saturated carbocycles. The Kier molecular flexibility index (Phi) is 6.12. The minimum Gasteiger partial charge on any atom is -0.487 e. The molecule has 0 bridgehead atoms. The lowest BCUT2D eigenvalue weighted by Gasteiger charge is -2.09. The first-order valence-corrected chi connectivity index (χ1v) is 9.74. The summed E-state index contributed by atoms with van der Waals surface area (Å²) in [6.07, 6.45) is 2.97. The van der Waals surface area contributed by atoms with Crippen molar-refractivity contribution < 1.29 is 14.5 Å². The summed E-state index contributed by atoms with van der Waals surface area (Å²) < 4.78 is 5.91. The smallest absolute Gasteiger partial charge is 0.278 e. The fourth-order valence-corrected chi connectivity index (χ4v) is 3.09. The number of hydrogen-bond donors (Lipinski definition) is 1. The van der Waals surface area contributed by atoms with Gasteiger partial charge in [0.2, 0.25) is 0 Å². The molecule has 8 nitrogen and oxygen atoms in total. The number of pyridine rings is 1. The number of amides is 1. The van der Waals surface area contributed by atoms with Crippen molar-refractivity contribution in [2.45, 2.75) is 6.61 Å². The number of carbonyl (C=O) groups excluding carboxylic acids is 1. The minimum absolute atomic E-state index is 0.0868. The molecule has 4 aromatic rings. The van der Waals surface area contributed by atoms with Gasteiger partial charge in [-0.15, -0.1) is 0 Å². The van der Waals surface area contributed by atoms with E-state index in [4.69, 9.17) is 4.74 Å². The van der Waals surface area contributed by atoms with Crippen molar-refractivity contribution >= 4 is 28.7 Å². The molecule has 0 radical (unpaired) electrons. The third kappa shape index (κ3) is 4.76. The topological polar surface area (TPSA) is 107 Å². The number of carbonyl (C=O) groups is 1. The molecule has 1 N–H and O–H groups in total. The molecule has 0 atom stereocenters. The predicted molar refractivity (Wildman–Crippen MR) is 121 cm³/mol. The predicted octanol–water partition coefficient (Wildman–Crippen LogP) is 4.49. The average Bonchev–Trinajstić information content (AvgIpc) is 2.83. The quantitative estimate of drug-likeness (QED) is 0.266. The highest BCUT2D eigenvalue weighted by Crippen LogP contribution is 2.24. The van der Waals surface area contributed by atoms with Crippen LogP contribution >= 0.6 is 0 Å². The molecule has 3 aromatic carbocycles. The highest BCUT2D eigenvalue weighted by Gasteiger charge is 2.10. The normalized spacial score (nSPS) is 10.9. The van der Waals surface area contributed by atoms with Crippen LogP contribution in [-0.2, 0) is 6.61 Å². The molecule has 8 heteroatoms. The molecule has 1 heterocycles. The summed E-state index contributed by atoms with van der Waals surface area (Å²) in [4.78, 5) is 27.2. The van der Waals surface area contributed by atoms with Gasteiger partial charge in [-0.2, -0.15) is 5.10 Å². The van der Waals surface area contributed by atoms with Gasteiger partial charge in [-0.05, 0) is 35.9 Å². The Morgan fingerprint density at radius 1 is 1.03 bits per heavy atom. The standard InChI is InChI=1S/C24H18N4O4/c29-24(27-26-15-20-5-1-2-8-21(20)28(30)31)19-12-10-17(11-13-19)16-32-22-9-3-6-18-7-4-14-25-23(18)22/h1-15H,16H2,(H,27,29)/b26-15+. The lowest BCUT2D eigenvalue weighted by molar-refractivity contribution is -0.385. The van der Waals surface area contributed by atoms with Gasteiger partial charge in [0.25, 0.3) is 11.6 Å². The molecule has 1 aromatic heterocycles. The highest BCUT2D eigenvalue weighted by atomic mass is 16.6. The zero-order valence-electron chi connectivity index (χ0n) is 16.8. The van der Waals surface area contributed by atoms with Crippen LogP contribution in [0.2, 0.25) is 0 Å². The molecule has 0 unspecified atom stereocenters. The number of hydrogen-bond acceptors (Lipinski definition) is 6. The van der Waals surface area contributed by atoms with Crippen LogP contribution in [0.1, 0.15) is 21.5 Å². The summed E-state index contributed by atoms with van der Waals surface area (Å²) in [6.45, 7) is 0.327. The number of ether oxygens (including phenoxy) is 1. The number of nitrogens with one attached hydrogen (secondary N) is 1. The molecule has 1 amide bonds. The van der Waals surface area contributed by atoms with E-state index in [1.54, 1.807) is 48.7 Å². The van der Waals surface area contributed by atoms with E-state index in [2.05, 4.69) is 15.5 Å². The number of nitrogens with zero attached hydrogens (tertiary/aromatic N) is 3. The second-order valence-electron chi connectivity index (χ2n) is 6.83. The summed E-state index contributed by atoms with van der Waals surface area (Å²) in [5.41, 5.74) is 4.68. The molecule has 0 fully saturated rings. The van der Waals surface area contributed by atoms with Crippen molar-refractivity contribution in [1.29, 1.82) is 0 Å². The van der Waals surface area contributed by atoms with Crippen LogP contribution in [0.5, 0.6) is 5.75 Å². The number of nitro benzene ring substituents is 1. The van der Waals surface area contributed by atoms with E-state index < -0.39 is 10.8 Å². The molecular formula is C24H18N4O4. The Balaban J connectivity index is 1.37. The summed E-state index contributed by atoms with van der Waals surface area (Å²) in [5.74, 6) is 0.264. The van der Waals surface area contributed by atoms with Gasteiger partial charge in [0.05, 0.1) is 16.7 Å². The monoisotopic (exact) mass is 426 g/mol. The van der Waals surface area contributed by atoms with Gasteiger partial charge in [-0.1, -0.05) is 42.5 Å². The van der Waals surface area contributed by atoms with E-state index >= 15 is 0 Å². The number of para-hydroxylation sites is 2. The van der Waals surface area contributed by atoms with Crippen LogP contribution in [0.15, 0.2) is 90.2 Å². The molecule has 0 spiro atoms. The van der Waals surface area contributed by atoms with Crippen LogP contribution < -0.4 is 10.2 Å². The zero-order chi connectivity index (χ0) is 22.3. The van der Waals surface area contributed by atoms with Gasteiger partial charge < -0.3 is 4.74 Å². The van der Waals surface area contributed by atoms with Crippen molar-refractivity contribution in [2.75, 3.05) is 0 Å². The Morgan fingerprint density at radius 2 is 1.81 bits per heavy atom. The number of nitro groups is 1. The Hall–Kier alpha value is -4.59. The third-order valence-corrected chi connectivity index (χ3v) is 4.71. The van der Waals surface area contributed by atoms with Gasteiger partial charge in [0, 0.05) is 23.2 Å². The molecule has 4 rings (SSSR count). The zero-order valence-corrected chi connectivity index (χ0v) is 16.8. The number of fused-ring (bicyclic) bond motifs is 1. The fraction of sp³-hybridized carbons (Fsp3) is 0.0417. The van der Waals surface area contributed by atoms with Gasteiger partial charge in [0.1, 0.15) is 17.9 Å².